The summed E-state index contributed by atoms with van der Waals surface area (Å²) < 4.78 is 0. The van der Waals surface area contributed by atoms with Crippen molar-refractivity contribution >= 4 is 11.4 Å². The first-order valence-corrected chi connectivity index (χ1v) is 13.2. The van der Waals surface area contributed by atoms with Gasteiger partial charge in [-0.05, 0) is 49.3 Å². The first kappa shape index (κ1) is 31.4. The van der Waals surface area contributed by atoms with Crippen LogP contribution >= 0.6 is 0 Å². The van der Waals surface area contributed by atoms with E-state index in [9.17, 15) is 4.79 Å². The number of carbonyl (C=O) groups is 1. The number of unbranched alkanes of at least 4 members (excludes halogenated alkanes) is 3. The molecule has 0 atom stereocenters. The Morgan fingerprint density at radius 3 is 1.74 bits per heavy atom. The molecule has 2 rings (SSSR count). The molecule has 0 aromatic heterocycles. The van der Waals surface area contributed by atoms with Gasteiger partial charge in [-0.2, -0.15) is 0 Å². The third kappa shape index (κ3) is 12.6. The van der Waals surface area contributed by atoms with Gasteiger partial charge >= 0.3 is 0 Å². The first-order valence-electron chi connectivity index (χ1n) is 13.2. The van der Waals surface area contributed by atoms with Crippen LogP contribution in [-0.4, -0.2) is 23.8 Å². The van der Waals surface area contributed by atoms with Gasteiger partial charge in [0.1, 0.15) is 0 Å². The molecule has 0 aliphatic rings. The Bertz CT molecular complexity index is 799. The summed E-state index contributed by atoms with van der Waals surface area (Å²) in [4.78, 5) is 13.0. The Hall–Kier alpha value is -2.61. The third-order valence-corrected chi connectivity index (χ3v) is 5.52. The quantitative estimate of drug-likeness (QED) is 0.167. The SMILES string of the molecule is C=C(C(=C)N(CCC)CCC)c1ccc(CCCCCC)cc1.CC.CC(=O)c1ccccc1. The van der Waals surface area contributed by atoms with Gasteiger partial charge in [0.2, 0.25) is 0 Å². The molecule has 2 nitrogen and oxygen atoms in total. The van der Waals surface area contributed by atoms with Crippen LogP contribution in [0.15, 0.2) is 73.5 Å². The van der Waals surface area contributed by atoms with Crippen LogP contribution in [0.2, 0.25) is 0 Å². The Morgan fingerprint density at radius 1 is 0.735 bits per heavy atom. The second kappa shape index (κ2) is 19.8. The van der Waals surface area contributed by atoms with Crippen molar-refractivity contribution in [1.29, 1.82) is 0 Å². The number of carbonyl (C=O) groups excluding carboxylic acids is 1. The van der Waals surface area contributed by atoms with Crippen LogP contribution in [0.25, 0.3) is 5.57 Å². The van der Waals surface area contributed by atoms with Crippen LogP contribution in [0, 0.1) is 0 Å². The van der Waals surface area contributed by atoms with Crippen molar-refractivity contribution in [3.63, 3.8) is 0 Å². The zero-order valence-corrected chi connectivity index (χ0v) is 22.8. The molecule has 0 saturated heterocycles. The van der Waals surface area contributed by atoms with Gasteiger partial charge in [0.25, 0.3) is 0 Å². The molecule has 2 aromatic rings. The molecule has 34 heavy (non-hydrogen) atoms. The highest BCUT2D eigenvalue weighted by molar-refractivity contribution is 5.93. The topological polar surface area (TPSA) is 20.3 Å². The number of hydrogen-bond acceptors (Lipinski definition) is 2. The van der Waals surface area contributed by atoms with E-state index in [0.29, 0.717) is 0 Å². The van der Waals surface area contributed by atoms with E-state index in [1.807, 2.05) is 44.2 Å². The van der Waals surface area contributed by atoms with E-state index in [1.54, 1.807) is 6.92 Å². The normalized spacial score (nSPS) is 9.71. The lowest BCUT2D eigenvalue weighted by molar-refractivity contribution is 0.101. The number of benzene rings is 2. The second-order valence-electron chi connectivity index (χ2n) is 8.34. The molecule has 0 radical (unpaired) electrons. The largest absolute Gasteiger partial charge is 0.372 e. The fraction of sp³-hybridized carbons (Fsp3) is 0.469. The lowest BCUT2D eigenvalue weighted by Crippen LogP contribution is -2.24. The van der Waals surface area contributed by atoms with Crippen LogP contribution in [-0.2, 0) is 6.42 Å². The van der Waals surface area contributed by atoms with Crippen molar-refractivity contribution in [3.05, 3.63) is 90.1 Å². The highest BCUT2D eigenvalue weighted by Crippen LogP contribution is 2.24. The number of Topliss-reactive ketones (excluding diaryl/α,β-unsaturated/α-hetero) is 1. The van der Waals surface area contributed by atoms with E-state index in [1.165, 1.54) is 43.2 Å². The van der Waals surface area contributed by atoms with Gasteiger partial charge in [0, 0.05) is 24.4 Å². The molecular formula is C32H49NO. The number of hydrogen-bond donors (Lipinski definition) is 0. The van der Waals surface area contributed by atoms with Crippen molar-refractivity contribution in [2.24, 2.45) is 0 Å². The third-order valence-electron chi connectivity index (χ3n) is 5.52. The molecule has 0 aliphatic heterocycles. The van der Waals surface area contributed by atoms with E-state index < -0.39 is 0 Å². The lowest BCUT2D eigenvalue weighted by atomic mass is 10.00. The Morgan fingerprint density at radius 2 is 1.29 bits per heavy atom. The van der Waals surface area contributed by atoms with Crippen LogP contribution in [0.3, 0.4) is 0 Å². The number of rotatable bonds is 13. The maximum absolute atomic E-state index is 10.6. The van der Waals surface area contributed by atoms with Gasteiger partial charge in [0.15, 0.2) is 5.78 Å². The molecule has 0 amide bonds. The second-order valence-corrected chi connectivity index (χ2v) is 8.34. The maximum Gasteiger partial charge on any atom is 0.159 e. The monoisotopic (exact) mass is 463 g/mol. The maximum atomic E-state index is 10.6. The average molecular weight is 464 g/mol. The van der Waals surface area contributed by atoms with Crippen LogP contribution in [0.1, 0.15) is 102 Å². The van der Waals surface area contributed by atoms with Crippen molar-refractivity contribution < 1.29 is 4.79 Å². The Labute approximate surface area is 210 Å². The molecule has 0 N–H and O–H groups in total. The fourth-order valence-corrected chi connectivity index (χ4v) is 3.58. The van der Waals surface area contributed by atoms with Crippen molar-refractivity contribution in [2.75, 3.05) is 13.1 Å². The highest BCUT2D eigenvalue weighted by Gasteiger charge is 2.10. The molecular weight excluding hydrogens is 414 g/mol. The van der Waals surface area contributed by atoms with E-state index in [0.717, 1.165) is 42.8 Å². The summed E-state index contributed by atoms with van der Waals surface area (Å²) in [5.41, 5.74) is 5.54. The number of allylic oxidation sites excluding steroid dienone is 1. The van der Waals surface area contributed by atoms with Gasteiger partial charge in [-0.3, -0.25) is 4.79 Å². The predicted octanol–water partition coefficient (Wildman–Crippen LogP) is 9.37. The summed E-state index contributed by atoms with van der Waals surface area (Å²) >= 11 is 0. The van der Waals surface area contributed by atoms with E-state index in [-0.39, 0.29) is 5.78 Å². The first-order chi connectivity index (χ1) is 16.4. The van der Waals surface area contributed by atoms with Crippen LogP contribution < -0.4 is 0 Å². The minimum Gasteiger partial charge on any atom is -0.372 e. The molecule has 2 aromatic carbocycles. The minimum atomic E-state index is 0.121. The highest BCUT2D eigenvalue weighted by atomic mass is 16.1. The zero-order chi connectivity index (χ0) is 25.8. The number of ketones is 1. The zero-order valence-electron chi connectivity index (χ0n) is 22.8. The van der Waals surface area contributed by atoms with Gasteiger partial charge in [0.05, 0.1) is 0 Å². The Kier molecular flexibility index (Phi) is 18.3. The molecule has 0 bridgehead atoms. The summed E-state index contributed by atoms with van der Waals surface area (Å²) in [5, 5.41) is 0. The van der Waals surface area contributed by atoms with E-state index in [2.05, 4.69) is 63.1 Å². The summed E-state index contributed by atoms with van der Waals surface area (Å²) in [6.45, 7) is 22.9. The molecule has 0 aliphatic carbocycles. The van der Waals surface area contributed by atoms with Gasteiger partial charge in [-0.25, -0.2) is 0 Å². The molecule has 2 heteroatoms. The predicted molar refractivity (Wildman–Crippen MR) is 152 cm³/mol. The smallest absolute Gasteiger partial charge is 0.159 e. The molecule has 0 saturated carbocycles. The molecule has 0 fully saturated rings. The van der Waals surface area contributed by atoms with Gasteiger partial charge in [-0.15, -0.1) is 0 Å². The van der Waals surface area contributed by atoms with Crippen molar-refractivity contribution in [3.8, 4) is 0 Å². The van der Waals surface area contributed by atoms with Crippen LogP contribution in [0.4, 0.5) is 0 Å². The van der Waals surface area contributed by atoms with Gasteiger partial charge in [-0.1, -0.05) is 122 Å². The fourth-order valence-electron chi connectivity index (χ4n) is 3.58. The summed E-state index contributed by atoms with van der Waals surface area (Å²) in [7, 11) is 0. The molecule has 0 spiro atoms. The average Bonchev–Trinajstić information content (AvgIpc) is 2.88. The van der Waals surface area contributed by atoms with Crippen LogP contribution in [0.5, 0.6) is 0 Å². The van der Waals surface area contributed by atoms with Crippen molar-refractivity contribution in [1.82, 2.24) is 4.90 Å². The van der Waals surface area contributed by atoms with Crippen molar-refractivity contribution in [2.45, 2.75) is 86.5 Å². The standard InChI is InChI=1S/C22H35N.C8H8O.C2H6/c1-6-9-10-11-12-21-13-15-22(16-14-21)19(4)20(5)23(17-7-2)18-8-3;1-7(9)8-5-3-2-4-6-8;1-2/h13-16H,4-12,17-18H2,1-3H3;2-6H,1H3;1-2H3. The van der Waals surface area contributed by atoms with E-state index in [4.69, 9.17) is 0 Å². The summed E-state index contributed by atoms with van der Waals surface area (Å²) in [6.07, 6.45) is 8.75. The van der Waals surface area contributed by atoms with Gasteiger partial charge < -0.3 is 4.90 Å². The molecule has 188 valence electrons. The number of nitrogens with zero attached hydrogens (tertiary/aromatic N) is 1. The molecule has 0 unspecified atom stereocenters. The summed E-state index contributed by atoms with van der Waals surface area (Å²) in [6, 6.07) is 18.1. The van der Waals surface area contributed by atoms with E-state index >= 15 is 0 Å². The number of aryl methyl sites for hydroxylation is 1. The lowest BCUT2D eigenvalue weighted by Gasteiger charge is -2.27. The minimum absolute atomic E-state index is 0.121. The summed E-state index contributed by atoms with van der Waals surface area (Å²) in [5.74, 6) is 0.121. The molecule has 0 heterocycles. The Balaban J connectivity index is 0.000000819.